The summed E-state index contributed by atoms with van der Waals surface area (Å²) in [5.74, 6) is 0.0941. The summed E-state index contributed by atoms with van der Waals surface area (Å²) in [6, 6.07) is 6.24. The molecule has 7 nitrogen and oxygen atoms in total. The topological polar surface area (TPSA) is 85.6 Å². The van der Waals surface area contributed by atoms with Gasteiger partial charge in [-0.2, -0.15) is 0 Å². The van der Waals surface area contributed by atoms with Crippen LogP contribution in [0.4, 0.5) is 9.52 Å². The Hall–Kier alpha value is -2.33. The van der Waals surface area contributed by atoms with E-state index in [1.165, 1.54) is 35.2 Å². The van der Waals surface area contributed by atoms with Crippen LogP contribution in [-0.2, 0) is 11.3 Å². The van der Waals surface area contributed by atoms with E-state index in [1.54, 1.807) is 12.1 Å². The number of aromatic nitrogens is 5. The van der Waals surface area contributed by atoms with Crippen molar-refractivity contribution in [1.29, 1.82) is 0 Å². The van der Waals surface area contributed by atoms with Crippen LogP contribution in [0.5, 0.6) is 0 Å². The van der Waals surface area contributed by atoms with E-state index in [2.05, 4.69) is 25.7 Å². The molecule has 0 aliphatic carbocycles. The van der Waals surface area contributed by atoms with Gasteiger partial charge in [0.25, 0.3) is 0 Å². The molecule has 0 spiro atoms. The first-order valence-electron chi connectivity index (χ1n) is 8.48. The van der Waals surface area contributed by atoms with Gasteiger partial charge in [0.1, 0.15) is 10.8 Å². The lowest BCUT2D eigenvalue weighted by molar-refractivity contribution is -0.115. The Morgan fingerprint density at radius 2 is 2.11 bits per heavy atom. The van der Waals surface area contributed by atoms with Crippen LogP contribution < -0.4 is 5.32 Å². The van der Waals surface area contributed by atoms with Crippen molar-refractivity contribution in [3.8, 4) is 11.4 Å². The number of anilines is 1. The second-order valence-corrected chi connectivity index (χ2v) is 8.04. The Kier molecular flexibility index (Phi) is 6.17. The predicted molar refractivity (Wildman–Crippen MR) is 104 cm³/mol. The summed E-state index contributed by atoms with van der Waals surface area (Å²) in [6.45, 7) is 6.33. The summed E-state index contributed by atoms with van der Waals surface area (Å²) in [5.41, 5.74) is 0.651. The number of amides is 1. The minimum atomic E-state index is -0.357. The SMILES string of the molecule is CC[C@H](Sc1nnc(-c2cccc(F)c2)n1CC)C(=O)Nc1nnc(C)s1. The molecule has 10 heteroatoms. The Bertz CT molecular complexity index is 941. The van der Waals surface area contributed by atoms with Crippen LogP contribution in [0.25, 0.3) is 11.4 Å². The zero-order valence-corrected chi connectivity index (χ0v) is 16.8. The van der Waals surface area contributed by atoms with Crippen molar-refractivity contribution in [3.05, 3.63) is 35.1 Å². The third-order valence-corrected chi connectivity index (χ3v) is 5.88. The van der Waals surface area contributed by atoms with Gasteiger partial charge in [0.2, 0.25) is 11.0 Å². The molecule has 2 aromatic heterocycles. The average Bonchev–Trinajstić information content (AvgIpc) is 3.25. The highest BCUT2D eigenvalue weighted by atomic mass is 32.2. The van der Waals surface area contributed by atoms with Gasteiger partial charge in [0.05, 0.1) is 5.25 Å². The zero-order valence-electron chi connectivity index (χ0n) is 15.1. The molecule has 0 bridgehead atoms. The minimum absolute atomic E-state index is 0.156. The van der Waals surface area contributed by atoms with Gasteiger partial charge in [-0.25, -0.2) is 4.39 Å². The Morgan fingerprint density at radius 1 is 1.30 bits per heavy atom. The molecule has 0 saturated carbocycles. The van der Waals surface area contributed by atoms with Crippen LogP contribution in [0.1, 0.15) is 25.3 Å². The number of carbonyl (C=O) groups excluding carboxylic acids is 1. The van der Waals surface area contributed by atoms with E-state index in [1.807, 2.05) is 25.3 Å². The van der Waals surface area contributed by atoms with Gasteiger partial charge in [-0.3, -0.25) is 10.1 Å². The molecule has 1 amide bonds. The molecule has 0 aliphatic rings. The summed E-state index contributed by atoms with van der Waals surface area (Å²) in [7, 11) is 0. The average molecular weight is 407 g/mol. The second kappa shape index (κ2) is 8.57. The standard InChI is InChI=1S/C17H19FN6OS2/c1-4-13(15(25)19-16-22-20-10(3)26-16)27-17-23-21-14(24(17)5-2)11-7-6-8-12(18)9-11/h6-9,13H,4-5H2,1-3H3,(H,19,22,25)/t13-/m0/s1. The van der Waals surface area contributed by atoms with Gasteiger partial charge in [-0.05, 0) is 32.4 Å². The first kappa shape index (κ1) is 19.4. The Morgan fingerprint density at radius 3 is 2.74 bits per heavy atom. The normalized spacial score (nSPS) is 12.1. The fourth-order valence-corrected chi connectivity index (χ4v) is 4.10. The maximum Gasteiger partial charge on any atom is 0.239 e. The number of hydrogen-bond donors (Lipinski definition) is 1. The lowest BCUT2D eigenvalue weighted by Gasteiger charge is -2.14. The van der Waals surface area contributed by atoms with Crippen LogP contribution >= 0.6 is 23.1 Å². The molecule has 0 saturated heterocycles. The number of nitrogens with zero attached hydrogens (tertiary/aromatic N) is 5. The predicted octanol–water partition coefficient (Wildman–Crippen LogP) is 3.77. The van der Waals surface area contributed by atoms with Gasteiger partial charge in [-0.1, -0.05) is 42.2 Å². The fraction of sp³-hybridized carbons (Fsp3) is 0.353. The molecule has 2 heterocycles. The van der Waals surface area contributed by atoms with Crippen molar-refractivity contribution >= 4 is 34.1 Å². The summed E-state index contributed by atoms with van der Waals surface area (Å²) in [6.07, 6.45) is 0.611. The van der Waals surface area contributed by atoms with Crippen molar-refractivity contribution in [1.82, 2.24) is 25.0 Å². The van der Waals surface area contributed by atoms with Gasteiger partial charge in [0, 0.05) is 12.1 Å². The van der Waals surface area contributed by atoms with Crippen molar-refractivity contribution in [2.45, 2.75) is 44.1 Å². The molecule has 1 N–H and O–H groups in total. The quantitative estimate of drug-likeness (QED) is 0.601. The van der Waals surface area contributed by atoms with Crippen molar-refractivity contribution in [2.75, 3.05) is 5.32 Å². The first-order valence-corrected chi connectivity index (χ1v) is 10.2. The van der Waals surface area contributed by atoms with Crippen molar-refractivity contribution in [3.63, 3.8) is 0 Å². The van der Waals surface area contributed by atoms with Gasteiger partial charge < -0.3 is 4.57 Å². The number of hydrogen-bond acceptors (Lipinski definition) is 7. The van der Waals surface area contributed by atoms with Crippen LogP contribution in [0.15, 0.2) is 29.4 Å². The van der Waals surface area contributed by atoms with Crippen LogP contribution in [-0.4, -0.2) is 36.1 Å². The van der Waals surface area contributed by atoms with Crippen LogP contribution in [0.3, 0.4) is 0 Å². The molecule has 0 radical (unpaired) electrons. The second-order valence-electron chi connectivity index (χ2n) is 5.69. The summed E-state index contributed by atoms with van der Waals surface area (Å²) < 4.78 is 15.4. The van der Waals surface area contributed by atoms with E-state index in [4.69, 9.17) is 0 Å². The smallest absolute Gasteiger partial charge is 0.239 e. The van der Waals surface area contributed by atoms with Crippen LogP contribution in [0.2, 0.25) is 0 Å². The third-order valence-electron chi connectivity index (χ3n) is 3.78. The number of thioether (sulfide) groups is 1. The van der Waals surface area contributed by atoms with E-state index in [9.17, 15) is 9.18 Å². The first-order chi connectivity index (χ1) is 13.0. The summed E-state index contributed by atoms with van der Waals surface area (Å²) in [5, 5.41) is 20.6. The zero-order chi connectivity index (χ0) is 19.4. The third kappa shape index (κ3) is 4.51. The van der Waals surface area contributed by atoms with Gasteiger partial charge in [-0.15, -0.1) is 20.4 Å². The molecule has 1 aromatic carbocycles. The number of rotatable bonds is 7. The van der Waals surface area contributed by atoms with E-state index in [-0.39, 0.29) is 17.0 Å². The Balaban J connectivity index is 1.80. The van der Waals surface area contributed by atoms with Crippen LogP contribution in [0, 0.1) is 12.7 Å². The van der Waals surface area contributed by atoms with E-state index >= 15 is 0 Å². The maximum absolute atomic E-state index is 13.5. The highest BCUT2D eigenvalue weighted by molar-refractivity contribution is 8.00. The van der Waals surface area contributed by atoms with E-state index in [0.29, 0.717) is 34.6 Å². The molecule has 3 aromatic rings. The molecule has 1 atom stereocenters. The molecular formula is C17H19FN6OS2. The highest BCUT2D eigenvalue weighted by Gasteiger charge is 2.23. The number of carbonyl (C=O) groups is 1. The fourth-order valence-electron chi connectivity index (χ4n) is 2.48. The number of halogens is 1. The maximum atomic E-state index is 13.5. The number of aryl methyl sites for hydroxylation is 1. The molecule has 0 fully saturated rings. The Labute approximate surface area is 164 Å². The summed E-state index contributed by atoms with van der Waals surface area (Å²) in [4.78, 5) is 12.6. The van der Waals surface area contributed by atoms with Gasteiger partial charge in [0.15, 0.2) is 11.0 Å². The van der Waals surface area contributed by atoms with E-state index < -0.39 is 0 Å². The lowest BCUT2D eigenvalue weighted by Crippen LogP contribution is -2.25. The molecule has 3 rings (SSSR count). The van der Waals surface area contributed by atoms with E-state index in [0.717, 1.165) is 5.01 Å². The molecular weight excluding hydrogens is 387 g/mol. The minimum Gasteiger partial charge on any atom is -0.302 e. The van der Waals surface area contributed by atoms with Gasteiger partial charge >= 0.3 is 0 Å². The summed E-state index contributed by atoms with van der Waals surface area (Å²) >= 11 is 2.66. The number of nitrogens with one attached hydrogen (secondary N) is 1. The monoisotopic (exact) mass is 406 g/mol. The lowest BCUT2D eigenvalue weighted by atomic mass is 10.2. The molecule has 27 heavy (non-hydrogen) atoms. The molecule has 0 unspecified atom stereocenters. The number of benzene rings is 1. The molecule has 142 valence electrons. The highest BCUT2D eigenvalue weighted by Crippen LogP contribution is 2.29. The van der Waals surface area contributed by atoms with Crippen molar-refractivity contribution < 1.29 is 9.18 Å². The largest absolute Gasteiger partial charge is 0.302 e. The molecule has 0 aliphatic heterocycles. The van der Waals surface area contributed by atoms with Crippen molar-refractivity contribution in [2.24, 2.45) is 0 Å².